The number of nitrogens with zero attached hydrogens (tertiary/aromatic N) is 1. The van der Waals surface area contributed by atoms with E-state index in [9.17, 15) is 13.6 Å². The Kier molecular flexibility index (Phi) is 5.16. The molecule has 6 heteroatoms. The van der Waals surface area contributed by atoms with Crippen LogP contribution >= 0.6 is 0 Å². The predicted molar refractivity (Wildman–Crippen MR) is 100 cm³/mol. The molecule has 4 nitrogen and oxygen atoms in total. The van der Waals surface area contributed by atoms with Gasteiger partial charge in [0.15, 0.2) is 0 Å². The van der Waals surface area contributed by atoms with Crippen molar-refractivity contribution in [2.75, 3.05) is 5.32 Å². The highest BCUT2D eigenvalue weighted by atomic mass is 19.3. The van der Waals surface area contributed by atoms with Gasteiger partial charge in [-0.1, -0.05) is 24.3 Å². The molecular formula is C21H18F2N2O2. The zero-order valence-electron chi connectivity index (χ0n) is 14.9. The van der Waals surface area contributed by atoms with Crippen LogP contribution in [-0.2, 0) is 0 Å². The average molecular weight is 368 g/mol. The minimum absolute atomic E-state index is 0.0781. The van der Waals surface area contributed by atoms with Gasteiger partial charge < -0.3 is 10.1 Å². The number of aromatic nitrogens is 1. The lowest BCUT2D eigenvalue weighted by molar-refractivity contribution is -0.158. The predicted octanol–water partition coefficient (Wildman–Crippen LogP) is 5.30. The van der Waals surface area contributed by atoms with Crippen molar-refractivity contribution in [2.24, 2.45) is 0 Å². The number of hydrogen-bond acceptors (Lipinski definition) is 3. The fraction of sp³-hybridized carbons (Fsp3) is 0.143. The number of halogens is 2. The van der Waals surface area contributed by atoms with Crippen LogP contribution in [0.2, 0.25) is 0 Å². The Bertz CT molecular complexity index is 937. The summed E-state index contributed by atoms with van der Waals surface area (Å²) in [7, 11) is 0. The van der Waals surface area contributed by atoms with Crippen LogP contribution in [0.15, 0.2) is 67.0 Å². The summed E-state index contributed by atoms with van der Waals surface area (Å²) < 4.78 is 30.4. The van der Waals surface area contributed by atoms with Gasteiger partial charge >= 0.3 is 6.11 Å². The molecule has 27 heavy (non-hydrogen) atoms. The van der Waals surface area contributed by atoms with E-state index in [2.05, 4.69) is 15.0 Å². The fourth-order valence-corrected chi connectivity index (χ4v) is 2.74. The molecule has 0 atom stereocenters. The van der Waals surface area contributed by atoms with Crippen molar-refractivity contribution in [1.82, 2.24) is 4.98 Å². The molecular weight excluding hydrogens is 350 g/mol. The van der Waals surface area contributed by atoms with Gasteiger partial charge in [0.2, 0.25) is 0 Å². The van der Waals surface area contributed by atoms with Gasteiger partial charge in [-0.05, 0) is 53.9 Å². The number of rotatable bonds is 5. The number of pyridine rings is 1. The van der Waals surface area contributed by atoms with E-state index in [0.717, 1.165) is 16.7 Å². The van der Waals surface area contributed by atoms with Crippen LogP contribution in [0.5, 0.6) is 5.75 Å². The van der Waals surface area contributed by atoms with Crippen LogP contribution in [0.3, 0.4) is 0 Å². The molecule has 0 saturated heterocycles. The summed E-state index contributed by atoms with van der Waals surface area (Å²) >= 11 is 0. The Hall–Kier alpha value is -3.28. The van der Waals surface area contributed by atoms with Crippen LogP contribution in [0.4, 0.5) is 14.5 Å². The number of nitrogens with one attached hydrogen (secondary N) is 1. The Morgan fingerprint density at radius 3 is 2.44 bits per heavy atom. The molecule has 0 unspecified atom stereocenters. The van der Waals surface area contributed by atoms with E-state index in [1.54, 1.807) is 48.8 Å². The molecule has 1 aromatic heterocycles. The van der Waals surface area contributed by atoms with E-state index >= 15 is 0 Å². The molecule has 0 fully saturated rings. The monoisotopic (exact) mass is 368 g/mol. The van der Waals surface area contributed by atoms with Crippen molar-refractivity contribution >= 4 is 11.6 Å². The first-order valence-electron chi connectivity index (χ1n) is 8.32. The van der Waals surface area contributed by atoms with Crippen molar-refractivity contribution in [3.8, 4) is 16.9 Å². The lowest BCUT2D eigenvalue weighted by Gasteiger charge is -2.14. The molecule has 0 spiro atoms. The summed E-state index contributed by atoms with van der Waals surface area (Å²) in [4.78, 5) is 16.6. The molecule has 1 N–H and O–H groups in total. The van der Waals surface area contributed by atoms with E-state index in [1.165, 1.54) is 12.1 Å². The van der Waals surface area contributed by atoms with Gasteiger partial charge in [-0.3, -0.25) is 9.78 Å². The maximum Gasteiger partial charge on any atom is 0.394 e. The van der Waals surface area contributed by atoms with Gasteiger partial charge in [0.25, 0.3) is 5.91 Å². The van der Waals surface area contributed by atoms with E-state index in [1.807, 2.05) is 13.0 Å². The summed E-state index contributed by atoms with van der Waals surface area (Å²) in [5.41, 5.74) is 3.55. The molecule has 0 aliphatic rings. The van der Waals surface area contributed by atoms with Crippen molar-refractivity contribution in [3.05, 3.63) is 78.1 Å². The second-order valence-corrected chi connectivity index (χ2v) is 6.11. The highest BCUT2D eigenvalue weighted by Crippen LogP contribution is 2.29. The van der Waals surface area contributed by atoms with Crippen LogP contribution in [0.25, 0.3) is 11.1 Å². The third kappa shape index (κ3) is 4.67. The largest absolute Gasteiger partial charge is 0.433 e. The number of hydrogen-bond donors (Lipinski definition) is 1. The number of amides is 1. The molecule has 2 aromatic carbocycles. The molecule has 1 heterocycles. The average Bonchev–Trinajstić information content (AvgIpc) is 2.62. The van der Waals surface area contributed by atoms with E-state index in [-0.39, 0.29) is 11.7 Å². The maximum absolute atomic E-state index is 12.9. The summed E-state index contributed by atoms with van der Waals surface area (Å²) in [6.45, 7) is 2.54. The first-order valence-corrected chi connectivity index (χ1v) is 8.32. The van der Waals surface area contributed by atoms with E-state index < -0.39 is 6.11 Å². The van der Waals surface area contributed by atoms with Crippen molar-refractivity contribution in [3.63, 3.8) is 0 Å². The highest BCUT2D eigenvalue weighted by Gasteiger charge is 2.23. The number of alkyl halides is 2. The molecule has 138 valence electrons. The Morgan fingerprint density at radius 1 is 1.07 bits per heavy atom. The second kappa shape index (κ2) is 7.53. The van der Waals surface area contributed by atoms with Gasteiger partial charge in [0, 0.05) is 18.7 Å². The lowest BCUT2D eigenvalue weighted by Crippen LogP contribution is -2.18. The molecule has 0 aliphatic carbocycles. The fourth-order valence-electron chi connectivity index (χ4n) is 2.74. The third-order valence-electron chi connectivity index (χ3n) is 3.96. The van der Waals surface area contributed by atoms with Crippen molar-refractivity contribution in [1.29, 1.82) is 0 Å². The van der Waals surface area contributed by atoms with E-state index in [4.69, 9.17) is 0 Å². The van der Waals surface area contributed by atoms with Crippen LogP contribution in [0, 0.1) is 6.92 Å². The number of benzene rings is 2. The number of carbonyl (C=O) groups excluding carboxylic acids is 1. The molecule has 0 radical (unpaired) electrons. The van der Waals surface area contributed by atoms with Crippen LogP contribution in [0.1, 0.15) is 22.8 Å². The van der Waals surface area contributed by atoms with Gasteiger partial charge in [-0.2, -0.15) is 8.78 Å². The Labute approximate surface area is 155 Å². The van der Waals surface area contributed by atoms with Gasteiger partial charge in [0.05, 0.1) is 11.9 Å². The van der Waals surface area contributed by atoms with E-state index in [0.29, 0.717) is 18.2 Å². The standard InChI is InChI=1S/C21H18F2N2O2/c1-14-18(15-8-10-17(11-9-15)27-21(2,22)23)6-3-7-19(14)20(26)25-16-5-4-12-24-13-16/h3-13H,1-2H3,(H,25,26). The highest BCUT2D eigenvalue weighted by molar-refractivity contribution is 6.06. The third-order valence-corrected chi connectivity index (χ3v) is 3.96. The summed E-state index contributed by atoms with van der Waals surface area (Å²) in [6.07, 6.45) is -0.0373. The molecule has 0 aliphatic heterocycles. The Balaban J connectivity index is 1.85. The number of anilines is 1. The maximum atomic E-state index is 12.9. The number of carbonyl (C=O) groups is 1. The second-order valence-electron chi connectivity index (χ2n) is 6.11. The summed E-state index contributed by atoms with van der Waals surface area (Å²) in [5.74, 6) is -0.165. The molecule has 3 rings (SSSR count). The van der Waals surface area contributed by atoms with Gasteiger partial charge in [-0.25, -0.2) is 0 Å². The van der Waals surface area contributed by atoms with Gasteiger partial charge in [0.1, 0.15) is 5.75 Å². The zero-order chi connectivity index (χ0) is 19.4. The van der Waals surface area contributed by atoms with Crippen molar-refractivity contribution in [2.45, 2.75) is 20.0 Å². The van der Waals surface area contributed by atoms with Gasteiger partial charge in [-0.15, -0.1) is 0 Å². The topological polar surface area (TPSA) is 51.2 Å². The lowest BCUT2D eigenvalue weighted by atomic mass is 9.96. The first-order chi connectivity index (χ1) is 12.8. The summed E-state index contributed by atoms with van der Waals surface area (Å²) in [5, 5.41) is 2.81. The minimum Gasteiger partial charge on any atom is -0.433 e. The smallest absolute Gasteiger partial charge is 0.394 e. The zero-order valence-corrected chi connectivity index (χ0v) is 14.9. The van der Waals surface area contributed by atoms with Crippen LogP contribution in [-0.4, -0.2) is 17.0 Å². The minimum atomic E-state index is -3.23. The molecule has 1 amide bonds. The molecule has 0 saturated carbocycles. The summed E-state index contributed by atoms with van der Waals surface area (Å²) in [6, 6.07) is 15.2. The molecule has 0 bridgehead atoms. The quantitative estimate of drug-likeness (QED) is 0.665. The molecule has 3 aromatic rings. The number of ether oxygens (including phenoxy) is 1. The normalized spacial score (nSPS) is 11.1. The SMILES string of the molecule is Cc1c(C(=O)Nc2cccnc2)cccc1-c1ccc(OC(C)(F)F)cc1. The van der Waals surface area contributed by atoms with Crippen LogP contribution < -0.4 is 10.1 Å². The first kappa shape index (κ1) is 18.5. The Morgan fingerprint density at radius 2 is 1.81 bits per heavy atom. The van der Waals surface area contributed by atoms with Crippen molar-refractivity contribution < 1.29 is 18.3 Å².